The van der Waals surface area contributed by atoms with Crippen LogP contribution in [-0.4, -0.2) is 36.5 Å². The molecular weight excluding hydrogens is 346 g/mol. The average molecular weight is 374 g/mol. The topological polar surface area (TPSA) is 78.4 Å². The van der Waals surface area contributed by atoms with Crippen molar-refractivity contribution >= 4 is 23.2 Å². The molecule has 3 N–H and O–H groups in total. The van der Waals surface area contributed by atoms with Crippen LogP contribution < -0.4 is 16.0 Å². The number of benzene rings is 1. The van der Waals surface area contributed by atoms with Crippen LogP contribution in [-0.2, 0) is 6.54 Å². The molecule has 0 unspecified atom stereocenters. The van der Waals surface area contributed by atoms with Gasteiger partial charge in [-0.25, -0.2) is 9.98 Å². The first kappa shape index (κ1) is 19.9. The van der Waals surface area contributed by atoms with E-state index in [4.69, 9.17) is 0 Å². The number of rotatable bonds is 8. The van der Waals surface area contributed by atoms with E-state index in [1.807, 2.05) is 25.1 Å². The van der Waals surface area contributed by atoms with E-state index >= 15 is 0 Å². The highest BCUT2D eigenvalue weighted by Crippen LogP contribution is 2.18. The Hall–Kier alpha value is -2.41. The minimum Gasteiger partial charge on any atom is -0.357 e. The van der Waals surface area contributed by atoms with E-state index in [1.165, 1.54) is 0 Å². The van der Waals surface area contributed by atoms with Gasteiger partial charge in [-0.1, -0.05) is 32.0 Å². The normalized spacial score (nSPS) is 11.5. The molecule has 0 fully saturated rings. The van der Waals surface area contributed by atoms with Crippen molar-refractivity contribution in [2.45, 2.75) is 33.2 Å². The highest BCUT2D eigenvalue weighted by Gasteiger charge is 2.06. The number of carbonyl (C=O) groups excluding carboxylic acids is 1. The first-order chi connectivity index (χ1) is 12.6. The Bertz CT molecular complexity index is 712. The van der Waals surface area contributed by atoms with Crippen molar-refractivity contribution in [2.75, 3.05) is 19.6 Å². The number of nitrogens with one attached hydrogen (secondary N) is 3. The molecule has 1 heterocycles. The molecule has 0 aliphatic heterocycles. The average Bonchev–Trinajstić information content (AvgIpc) is 3.13. The molecule has 0 spiro atoms. The Kier molecular flexibility index (Phi) is 8.08. The lowest BCUT2D eigenvalue weighted by molar-refractivity contribution is 0.0954. The van der Waals surface area contributed by atoms with Crippen LogP contribution in [0.4, 0.5) is 0 Å². The molecule has 0 atom stereocenters. The van der Waals surface area contributed by atoms with Crippen molar-refractivity contribution in [3.63, 3.8) is 0 Å². The standard InChI is InChI=1S/C19H27N5OS/c1-4-20-19(23-12-17-24-16(13-26-17)14(2)3)22-11-10-21-18(25)15-8-6-5-7-9-15/h5-9,13-14H,4,10-12H2,1-3H3,(H,21,25)(H2,20,22,23). The van der Waals surface area contributed by atoms with Gasteiger partial charge < -0.3 is 16.0 Å². The second-order valence-electron chi connectivity index (χ2n) is 6.06. The third-order valence-electron chi connectivity index (χ3n) is 3.62. The number of hydrogen-bond donors (Lipinski definition) is 3. The van der Waals surface area contributed by atoms with E-state index in [0.717, 1.165) is 23.2 Å². The van der Waals surface area contributed by atoms with Crippen LogP contribution in [0.2, 0.25) is 0 Å². The van der Waals surface area contributed by atoms with Gasteiger partial charge in [-0.15, -0.1) is 11.3 Å². The quantitative estimate of drug-likeness (QED) is 0.378. The van der Waals surface area contributed by atoms with Crippen LogP contribution in [0.5, 0.6) is 0 Å². The smallest absolute Gasteiger partial charge is 0.251 e. The Morgan fingerprint density at radius 3 is 2.54 bits per heavy atom. The van der Waals surface area contributed by atoms with Gasteiger partial charge in [-0.3, -0.25) is 4.79 Å². The van der Waals surface area contributed by atoms with Crippen LogP contribution in [0, 0.1) is 0 Å². The fourth-order valence-corrected chi connectivity index (χ4v) is 3.08. The van der Waals surface area contributed by atoms with E-state index in [2.05, 4.69) is 45.2 Å². The monoisotopic (exact) mass is 373 g/mol. The molecule has 6 nitrogen and oxygen atoms in total. The fourth-order valence-electron chi connectivity index (χ4n) is 2.20. The number of carbonyl (C=O) groups is 1. The van der Waals surface area contributed by atoms with Gasteiger partial charge >= 0.3 is 0 Å². The largest absolute Gasteiger partial charge is 0.357 e. The zero-order valence-electron chi connectivity index (χ0n) is 15.6. The number of aromatic nitrogens is 1. The molecule has 0 aliphatic rings. The minimum atomic E-state index is -0.0710. The van der Waals surface area contributed by atoms with Crippen LogP contribution in [0.3, 0.4) is 0 Å². The number of nitrogens with zero attached hydrogens (tertiary/aromatic N) is 2. The van der Waals surface area contributed by atoms with Gasteiger partial charge in [-0.2, -0.15) is 0 Å². The lowest BCUT2D eigenvalue weighted by Gasteiger charge is -2.11. The zero-order valence-corrected chi connectivity index (χ0v) is 16.4. The van der Waals surface area contributed by atoms with E-state index in [1.54, 1.807) is 23.5 Å². The van der Waals surface area contributed by atoms with E-state index in [0.29, 0.717) is 31.1 Å². The van der Waals surface area contributed by atoms with Gasteiger partial charge in [0.1, 0.15) is 5.01 Å². The van der Waals surface area contributed by atoms with Gasteiger partial charge in [0.15, 0.2) is 5.96 Å². The predicted molar refractivity (Wildman–Crippen MR) is 108 cm³/mol. The maximum Gasteiger partial charge on any atom is 0.251 e. The Balaban J connectivity index is 1.78. The molecule has 7 heteroatoms. The molecule has 1 amide bonds. The molecule has 140 valence electrons. The molecule has 26 heavy (non-hydrogen) atoms. The van der Waals surface area contributed by atoms with Crippen molar-refractivity contribution in [1.82, 2.24) is 20.9 Å². The Morgan fingerprint density at radius 2 is 1.88 bits per heavy atom. The van der Waals surface area contributed by atoms with Gasteiger partial charge in [0.25, 0.3) is 5.91 Å². The number of amides is 1. The molecule has 0 aliphatic carbocycles. The lowest BCUT2D eigenvalue weighted by atomic mass is 10.2. The van der Waals surface area contributed by atoms with Crippen LogP contribution in [0.25, 0.3) is 0 Å². The minimum absolute atomic E-state index is 0.0710. The molecule has 0 saturated carbocycles. The summed E-state index contributed by atoms with van der Waals surface area (Å²) in [6.45, 7) is 8.73. The maximum atomic E-state index is 12.0. The van der Waals surface area contributed by atoms with Gasteiger partial charge in [-0.05, 0) is 25.0 Å². The third-order valence-corrected chi connectivity index (χ3v) is 4.47. The summed E-state index contributed by atoms with van der Waals surface area (Å²) >= 11 is 1.64. The third kappa shape index (κ3) is 6.48. The van der Waals surface area contributed by atoms with Crippen LogP contribution in [0.1, 0.15) is 47.7 Å². The molecule has 0 radical (unpaired) electrons. The SMILES string of the molecule is CCNC(=NCc1nc(C(C)C)cs1)NCCNC(=O)c1ccccc1. The molecule has 1 aromatic heterocycles. The van der Waals surface area contributed by atoms with Crippen LogP contribution >= 0.6 is 11.3 Å². The van der Waals surface area contributed by atoms with Gasteiger partial charge in [0.05, 0.1) is 12.2 Å². The second-order valence-corrected chi connectivity index (χ2v) is 7.01. The summed E-state index contributed by atoms with van der Waals surface area (Å²) in [5.41, 5.74) is 1.78. The highest BCUT2D eigenvalue weighted by atomic mass is 32.1. The van der Waals surface area contributed by atoms with Crippen molar-refractivity contribution in [3.8, 4) is 0 Å². The van der Waals surface area contributed by atoms with E-state index in [-0.39, 0.29) is 5.91 Å². The van der Waals surface area contributed by atoms with Gasteiger partial charge in [0, 0.05) is 30.6 Å². The summed E-state index contributed by atoms with van der Waals surface area (Å²) < 4.78 is 0. The van der Waals surface area contributed by atoms with E-state index in [9.17, 15) is 4.79 Å². The molecule has 1 aromatic carbocycles. The molecule has 0 saturated heterocycles. The van der Waals surface area contributed by atoms with Crippen molar-refractivity contribution in [1.29, 1.82) is 0 Å². The predicted octanol–water partition coefficient (Wildman–Crippen LogP) is 2.75. The van der Waals surface area contributed by atoms with E-state index < -0.39 is 0 Å². The first-order valence-corrected chi connectivity index (χ1v) is 9.77. The number of hydrogen-bond acceptors (Lipinski definition) is 4. The molecule has 0 bridgehead atoms. The molecular formula is C19H27N5OS. The summed E-state index contributed by atoms with van der Waals surface area (Å²) in [6, 6.07) is 9.20. The summed E-state index contributed by atoms with van der Waals surface area (Å²) in [5, 5.41) is 12.4. The fraction of sp³-hybridized carbons (Fsp3) is 0.421. The summed E-state index contributed by atoms with van der Waals surface area (Å²) in [5.74, 6) is 1.09. The van der Waals surface area contributed by atoms with Crippen molar-refractivity contribution < 1.29 is 4.79 Å². The van der Waals surface area contributed by atoms with Gasteiger partial charge in [0.2, 0.25) is 0 Å². The molecule has 2 rings (SSSR count). The van der Waals surface area contributed by atoms with Crippen molar-refractivity contribution in [2.24, 2.45) is 4.99 Å². The van der Waals surface area contributed by atoms with Crippen LogP contribution in [0.15, 0.2) is 40.7 Å². The summed E-state index contributed by atoms with van der Waals surface area (Å²) in [4.78, 5) is 21.1. The Labute approximate surface area is 159 Å². The number of thiazole rings is 1. The van der Waals surface area contributed by atoms with Crippen molar-refractivity contribution in [3.05, 3.63) is 52.0 Å². The highest BCUT2D eigenvalue weighted by molar-refractivity contribution is 7.09. The first-order valence-electron chi connectivity index (χ1n) is 8.90. The lowest BCUT2D eigenvalue weighted by Crippen LogP contribution is -2.41. The summed E-state index contributed by atoms with van der Waals surface area (Å²) in [7, 11) is 0. The Morgan fingerprint density at radius 1 is 1.15 bits per heavy atom. The molecule has 2 aromatic rings. The second kappa shape index (κ2) is 10.6. The number of guanidine groups is 1. The summed E-state index contributed by atoms with van der Waals surface area (Å²) in [6.07, 6.45) is 0. The maximum absolute atomic E-state index is 12.0. The zero-order chi connectivity index (χ0) is 18.8. The number of aliphatic imine (C=N–C) groups is 1.